The molecule has 7 heteroatoms. The van der Waals surface area contributed by atoms with Gasteiger partial charge in [0, 0.05) is 23.4 Å². The van der Waals surface area contributed by atoms with Gasteiger partial charge in [0.2, 0.25) is 5.92 Å². The summed E-state index contributed by atoms with van der Waals surface area (Å²) in [4.78, 5) is 0. The lowest BCUT2D eigenvalue weighted by atomic mass is 9.59. The molecule has 1 aromatic carbocycles. The Kier molecular flexibility index (Phi) is 4.86. The average Bonchev–Trinajstić information content (AvgIpc) is 2.31. The van der Waals surface area contributed by atoms with E-state index in [9.17, 15) is 22.0 Å². The fourth-order valence-corrected chi connectivity index (χ4v) is 4.66. The van der Waals surface area contributed by atoms with Crippen LogP contribution in [0.5, 0.6) is 0 Å². The van der Waals surface area contributed by atoms with Gasteiger partial charge < -0.3 is 5.73 Å². The molecular formula is C17H21BrF5N. The van der Waals surface area contributed by atoms with Crippen LogP contribution in [-0.2, 0) is 6.18 Å². The van der Waals surface area contributed by atoms with Crippen molar-refractivity contribution in [3.05, 3.63) is 33.8 Å². The topological polar surface area (TPSA) is 26.0 Å². The second-order valence-electron chi connectivity index (χ2n) is 7.95. The molecule has 0 saturated heterocycles. The highest BCUT2D eigenvalue weighted by Gasteiger charge is 2.53. The minimum Gasteiger partial charge on any atom is -0.323 e. The van der Waals surface area contributed by atoms with Gasteiger partial charge in [0.15, 0.2) is 0 Å². The van der Waals surface area contributed by atoms with Crippen molar-refractivity contribution < 1.29 is 22.0 Å². The van der Waals surface area contributed by atoms with Crippen LogP contribution in [0.2, 0.25) is 0 Å². The Labute approximate surface area is 146 Å². The number of benzene rings is 1. The summed E-state index contributed by atoms with van der Waals surface area (Å²) >= 11 is 3.06. The molecule has 1 saturated carbocycles. The molecule has 136 valence electrons. The van der Waals surface area contributed by atoms with Gasteiger partial charge in [0.1, 0.15) is 0 Å². The second kappa shape index (κ2) is 5.94. The molecule has 0 aromatic heterocycles. The van der Waals surface area contributed by atoms with Crippen LogP contribution < -0.4 is 5.73 Å². The molecule has 2 rings (SSSR count). The first kappa shape index (κ1) is 19.6. The maximum Gasteiger partial charge on any atom is 0.416 e. The molecule has 0 spiro atoms. The largest absolute Gasteiger partial charge is 0.416 e. The lowest BCUT2D eigenvalue weighted by Crippen LogP contribution is -2.47. The van der Waals surface area contributed by atoms with E-state index in [1.165, 1.54) is 6.07 Å². The summed E-state index contributed by atoms with van der Waals surface area (Å²) in [5.74, 6) is -2.88. The molecule has 2 N–H and O–H groups in total. The Balaban J connectivity index is 2.44. The Bertz CT molecular complexity index is 608. The smallest absolute Gasteiger partial charge is 0.323 e. The predicted molar refractivity (Wildman–Crippen MR) is 86.8 cm³/mol. The van der Waals surface area contributed by atoms with E-state index in [2.05, 4.69) is 15.9 Å². The summed E-state index contributed by atoms with van der Waals surface area (Å²) in [6, 6.07) is 2.48. The van der Waals surface area contributed by atoms with Gasteiger partial charge >= 0.3 is 6.18 Å². The van der Waals surface area contributed by atoms with Gasteiger partial charge in [-0.25, -0.2) is 8.78 Å². The van der Waals surface area contributed by atoms with E-state index in [0.717, 1.165) is 12.1 Å². The minimum atomic E-state index is -4.52. The van der Waals surface area contributed by atoms with Gasteiger partial charge in [-0.1, -0.05) is 36.7 Å². The number of hydrogen-bond acceptors (Lipinski definition) is 1. The molecule has 1 aromatic rings. The van der Waals surface area contributed by atoms with Crippen molar-refractivity contribution in [1.29, 1.82) is 0 Å². The summed E-state index contributed by atoms with van der Waals surface area (Å²) in [6.07, 6.45) is -4.77. The number of halogens is 6. The van der Waals surface area contributed by atoms with Crippen LogP contribution in [0.4, 0.5) is 22.0 Å². The standard InChI is InChI=1S/C17H21BrF5N/c1-14(2)7-15(3,9-16(19,20)8-14)13(24)10-4-11(17(21,22)23)6-12(18)5-10/h4-6,13H,7-9,24H2,1-3H3. The molecule has 2 atom stereocenters. The third kappa shape index (κ3) is 4.28. The quantitative estimate of drug-likeness (QED) is 0.564. The first-order valence-electron chi connectivity index (χ1n) is 7.65. The Morgan fingerprint density at radius 2 is 1.62 bits per heavy atom. The lowest BCUT2D eigenvalue weighted by Gasteiger charge is -2.49. The first-order chi connectivity index (χ1) is 10.6. The zero-order valence-electron chi connectivity index (χ0n) is 13.8. The van der Waals surface area contributed by atoms with E-state index in [4.69, 9.17) is 5.73 Å². The van der Waals surface area contributed by atoms with Crippen LogP contribution >= 0.6 is 15.9 Å². The molecule has 2 unspecified atom stereocenters. The van der Waals surface area contributed by atoms with Crippen molar-refractivity contribution >= 4 is 15.9 Å². The van der Waals surface area contributed by atoms with Crippen LogP contribution in [0.3, 0.4) is 0 Å². The molecule has 24 heavy (non-hydrogen) atoms. The van der Waals surface area contributed by atoms with Crippen LogP contribution in [0, 0.1) is 10.8 Å². The third-order valence-corrected chi connectivity index (χ3v) is 5.10. The van der Waals surface area contributed by atoms with E-state index in [-0.39, 0.29) is 16.5 Å². The molecule has 0 aliphatic heterocycles. The van der Waals surface area contributed by atoms with E-state index < -0.39 is 41.0 Å². The number of alkyl halides is 5. The van der Waals surface area contributed by atoms with Crippen LogP contribution in [0.25, 0.3) is 0 Å². The fraction of sp³-hybridized carbons (Fsp3) is 0.647. The number of hydrogen-bond donors (Lipinski definition) is 1. The summed E-state index contributed by atoms with van der Waals surface area (Å²) in [5.41, 5.74) is 3.96. The van der Waals surface area contributed by atoms with Gasteiger partial charge in [-0.2, -0.15) is 13.2 Å². The molecule has 1 fully saturated rings. The van der Waals surface area contributed by atoms with Gasteiger partial charge in [0.25, 0.3) is 0 Å². The maximum absolute atomic E-state index is 14.2. The Morgan fingerprint density at radius 1 is 1.04 bits per heavy atom. The van der Waals surface area contributed by atoms with Gasteiger partial charge in [-0.05, 0) is 41.0 Å². The van der Waals surface area contributed by atoms with Crippen molar-refractivity contribution in [3.63, 3.8) is 0 Å². The summed E-state index contributed by atoms with van der Waals surface area (Å²) in [7, 11) is 0. The summed E-state index contributed by atoms with van der Waals surface area (Å²) < 4.78 is 67.6. The molecule has 0 radical (unpaired) electrons. The first-order valence-corrected chi connectivity index (χ1v) is 8.44. The Morgan fingerprint density at radius 3 is 2.12 bits per heavy atom. The molecule has 0 heterocycles. The molecular weight excluding hydrogens is 393 g/mol. The third-order valence-electron chi connectivity index (χ3n) is 4.64. The van der Waals surface area contributed by atoms with Crippen molar-refractivity contribution in [2.24, 2.45) is 16.6 Å². The summed E-state index contributed by atoms with van der Waals surface area (Å²) in [5, 5.41) is 0. The van der Waals surface area contributed by atoms with Gasteiger partial charge in [0.05, 0.1) is 5.56 Å². The molecule has 0 amide bonds. The Hall–Kier alpha value is -0.690. The van der Waals surface area contributed by atoms with Crippen LogP contribution in [-0.4, -0.2) is 5.92 Å². The van der Waals surface area contributed by atoms with E-state index in [1.54, 1.807) is 20.8 Å². The van der Waals surface area contributed by atoms with Crippen molar-refractivity contribution in [3.8, 4) is 0 Å². The monoisotopic (exact) mass is 413 g/mol. The highest BCUT2D eigenvalue weighted by molar-refractivity contribution is 9.10. The second-order valence-corrected chi connectivity index (χ2v) is 8.87. The fourth-order valence-electron chi connectivity index (χ4n) is 4.15. The van der Waals surface area contributed by atoms with Gasteiger partial charge in [-0.15, -0.1) is 0 Å². The van der Waals surface area contributed by atoms with Crippen LogP contribution in [0.15, 0.2) is 22.7 Å². The highest BCUT2D eigenvalue weighted by Crippen LogP contribution is 2.56. The number of nitrogens with two attached hydrogens (primary N) is 1. The van der Waals surface area contributed by atoms with Crippen LogP contribution in [0.1, 0.15) is 57.2 Å². The molecule has 1 aliphatic rings. The zero-order chi connectivity index (χ0) is 18.6. The normalized spacial score (nSPS) is 27.8. The van der Waals surface area contributed by atoms with Gasteiger partial charge in [-0.3, -0.25) is 0 Å². The van der Waals surface area contributed by atoms with Crippen molar-refractivity contribution in [1.82, 2.24) is 0 Å². The van der Waals surface area contributed by atoms with Crippen molar-refractivity contribution in [2.45, 2.75) is 58.2 Å². The molecule has 0 bridgehead atoms. The molecule has 1 nitrogen and oxygen atoms in total. The maximum atomic E-state index is 14.2. The average molecular weight is 414 g/mol. The zero-order valence-corrected chi connectivity index (χ0v) is 15.4. The van der Waals surface area contributed by atoms with E-state index >= 15 is 0 Å². The SMILES string of the molecule is CC1(C)CC(F)(F)CC(C)(C(N)c2cc(Br)cc(C(F)(F)F)c2)C1. The van der Waals surface area contributed by atoms with E-state index in [1.807, 2.05) is 0 Å². The highest BCUT2D eigenvalue weighted by atomic mass is 79.9. The molecule has 1 aliphatic carbocycles. The van der Waals surface area contributed by atoms with E-state index in [0.29, 0.717) is 6.42 Å². The lowest BCUT2D eigenvalue weighted by molar-refractivity contribution is -0.138. The minimum absolute atomic E-state index is 0.215. The van der Waals surface area contributed by atoms with Crippen molar-refractivity contribution in [2.75, 3.05) is 0 Å². The predicted octanol–water partition coefficient (Wildman–Crippen LogP) is 6.32. The summed E-state index contributed by atoms with van der Waals surface area (Å²) in [6.45, 7) is 5.13. The number of rotatable bonds is 2.